The smallest absolute Gasteiger partial charge is 0.411 e. The van der Waals surface area contributed by atoms with Gasteiger partial charge in [0.05, 0.1) is 12.4 Å². The van der Waals surface area contributed by atoms with Gasteiger partial charge in [0.2, 0.25) is 0 Å². The molecule has 0 saturated heterocycles. The zero-order chi connectivity index (χ0) is 23.2. The molecule has 0 unspecified atom stereocenters. The van der Waals surface area contributed by atoms with Crippen molar-refractivity contribution in [3.8, 4) is 0 Å². The number of rotatable bonds is 7. The van der Waals surface area contributed by atoms with Gasteiger partial charge in [-0.05, 0) is 42.0 Å². The molecule has 1 heterocycles. The predicted octanol–water partition coefficient (Wildman–Crippen LogP) is 5.35. The van der Waals surface area contributed by atoms with Crippen molar-refractivity contribution in [2.75, 3.05) is 17.7 Å². The number of amides is 1. The second kappa shape index (κ2) is 10.2. The number of carbonyl (C=O) groups excluding carboxylic acids is 2. The van der Waals surface area contributed by atoms with Crippen LogP contribution in [-0.4, -0.2) is 24.4 Å². The van der Waals surface area contributed by atoms with Crippen LogP contribution in [-0.2, 0) is 20.9 Å². The first-order chi connectivity index (χ1) is 16.0. The lowest BCUT2D eigenvalue weighted by molar-refractivity contribution is -0.141. The maximum Gasteiger partial charge on any atom is 0.411 e. The molecule has 4 aromatic rings. The van der Waals surface area contributed by atoms with Crippen LogP contribution in [0.2, 0.25) is 0 Å². The summed E-state index contributed by atoms with van der Waals surface area (Å²) in [5.41, 5.74) is 0.638. The van der Waals surface area contributed by atoms with Crippen LogP contribution in [0.3, 0.4) is 0 Å². The molecule has 0 radical (unpaired) electrons. The maximum atomic E-state index is 12.3. The summed E-state index contributed by atoms with van der Waals surface area (Å²) in [7, 11) is 0. The van der Waals surface area contributed by atoms with E-state index >= 15 is 0 Å². The van der Waals surface area contributed by atoms with Gasteiger partial charge in [0, 0.05) is 33.7 Å². The molecule has 3 aromatic carbocycles. The molecular formula is C25H21NO6S. The molecule has 33 heavy (non-hydrogen) atoms. The zero-order valence-electron chi connectivity index (χ0n) is 17.8. The van der Waals surface area contributed by atoms with E-state index < -0.39 is 17.7 Å². The minimum atomic E-state index is -0.604. The number of benzene rings is 3. The number of nitrogens with one attached hydrogen (secondary N) is 1. The van der Waals surface area contributed by atoms with Gasteiger partial charge in [0.25, 0.3) is 0 Å². The van der Waals surface area contributed by atoms with Gasteiger partial charge in [0.15, 0.2) is 0 Å². The molecular weight excluding hydrogens is 442 g/mol. The predicted molar refractivity (Wildman–Crippen MR) is 128 cm³/mol. The Morgan fingerprint density at radius 2 is 1.79 bits per heavy atom. The highest BCUT2D eigenvalue weighted by atomic mass is 32.2. The lowest BCUT2D eigenvalue weighted by Gasteiger charge is -2.09. The van der Waals surface area contributed by atoms with E-state index in [2.05, 4.69) is 5.32 Å². The van der Waals surface area contributed by atoms with E-state index in [9.17, 15) is 14.4 Å². The van der Waals surface area contributed by atoms with Crippen molar-refractivity contribution >= 4 is 51.3 Å². The average molecular weight is 464 g/mol. The minimum Gasteiger partial charge on any atom is -0.460 e. The lowest BCUT2D eigenvalue weighted by atomic mass is 10.1. The average Bonchev–Trinajstić information content (AvgIpc) is 2.81. The third kappa shape index (κ3) is 5.72. The van der Waals surface area contributed by atoms with Crippen molar-refractivity contribution < 1.29 is 23.5 Å². The zero-order valence-corrected chi connectivity index (χ0v) is 18.6. The van der Waals surface area contributed by atoms with Gasteiger partial charge in [-0.1, -0.05) is 30.3 Å². The molecule has 0 bridgehead atoms. The van der Waals surface area contributed by atoms with Gasteiger partial charge < -0.3 is 13.9 Å². The number of esters is 1. The summed E-state index contributed by atoms with van der Waals surface area (Å²) in [6.45, 7) is 1.87. The van der Waals surface area contributed by atoms with Gasteiger partial charge in [0.1, 0.15) is 12.2 Å². The van der Waals surface area contributed by atoms with E-state index in [1.807, 2.05) is 42.5 Å². The molecule has 0 spiro atoms. The Hall–Kier alpha value is -3.78. The molecule has 1 aromatic heterocycles. The van der Waals surface area contributed by atoms with Crippen LogP contribution in [0.5, 0.6) is 0 Å². The van der Waals surface area contributed by atoms with Crippen LogP contribution in [0.1, 0.15) is 12.5 Å². The molecule has 7 nitrogen and oxygen atoms in total. The van der Waals surface area contributed by atoms with Gasteiger partial charge >= 0.3 is 17.7 Å². The van der Waals surface area contributed by atoms with Crippen LogP contribution in [0, 0.1) is 0 Å². The van der Waals surface area contributed by atoms with Crippen LogP contribution < -0.4 is 10.9 Å². The summed E-state index contributed by atoms with van der Waals surface area (Å²) in [5, 5.41) is 5.41. The fourth-order valence-electron chi connectivity index (χ4n) is 3.31. The van der Waals surface area contributed by atoms with Gasteiger partial charge in [-0.15, -0.1) is 11.8 Å². The van der Waals surface area contributed by atoms with E-state index in [4.69, 9.17) is 13.9 Å². The molecule has 1 amide bonds. The Kier molecular flexibility index (Phi) is 6.95. The molecule has 0 aliphatic rings. The van der Waals surface area contributed by atoms with E-state index in [1.54, 1.807) is 19.1 Å². The standard InChI is InChI=1S/C25H21NO6S/c1-2-30-25(29)26-19-8-10-21-18(12-23(27)32-22(21)13-19)14-31-24(28)15-33-20-9-7-16-5-3-4-6-17(16)11-20/h3-13H,2,14-15H2,1H3,(H,26,29). The van der Waals surface area contributed by atoms with Gasteiger partial charge in [-0.25, -0.2) is 9.59 Å². The SMILES string of the molecule is CCOC(=O)Nc1ccc2c(COC(=O)CSc3ccc4ccccc4c3)cc(=O)oc2c1. The molecule has 0 saturated carbocycles. The molecule has 0 atom stereocenters. The quantitative estimate of drug-likeness (QED) is 0.224. The topological polar surface area (TPSA) is 94.8 Å². The van der Waals surface area contributed by atoms with Crippen molar-refractivity contribution in [3.63, 3.8) is 0 Å². The maximum absolute atomic E-state index is 12.3. The third-order valence-electron chi connectivity index (χ3n) is 4.82. The Morgan fingerprint density at radius 1 is 0.970 bits per heavy atom. The van der Waals surface area contributed by atoms with Gasteiger partial charge in [-0.2, -0.15) is 0 Å². The monoisotopic (exact) mass is 463 g/mol. The fraction of sp³-hybridized carbons (Fsp3) is 0.160. The number of ether oxygens (including phenoxy) is 2. The number of hydrogen-bond donors (Lipinski definition) is 1. The van der Waals surface area contributed by atoms with Crippen molar-refractivity contribution in [2.45, 2.75) is 18.4 Å². The lowest BCUT2D eigenvalue weighted by Crippen LogP contribution is -2.13. The van der Waals surface area contributed by atoms with Crippen molar-refractivity contribution in [1.29, 1.82) is 0 Å². The Labute approximate surface area is 193 Å². The van der Waals surface area contributed by atoms with Crippen molar-refractivity contribution in [2.24, 2.45) is 0 Å². The highest BCUT2D eigenvalue weighted by Crippen LogP contribution is 2.25. The Bertz CT molecular complexity index is 1380. The number of fused-ring (bicyclic) bond motifs is 2. The molecule has 1 N–H and O–H groups in total. The number of anilines is 1. The van der Waals surface area contributed by atoms with E-state index in [1.165, 1.54) is 23.9 Å². The van der Waals surface area contributed by atoms with E-state index in [0.29, 0.717) is 16.6 Å². The fourth-order valence-corrected chi connectivity index (χ4v) is 4.05. The summed E-state index contributed by atoms with van der Waals surface area (Å²) in [4.78, 5) is 36.9. The molecule has 168 valence electrons. The van der Waals surface area contributed by atoms with Crippen LogP contribution >= 0.6 is 11.8 Å². The highest BCUT2D eigenvalue weighted by molar-refractivity contribution is 8.00. The third-order valence-corrected chi connectivity index (χ3v) is 5.79. The van der Waals surface area contributed by atoms with E-state index in [0.717, 1.165) is 15.7 Å². The van der Waals surface area contributed by atoms with E-state index in [-0.39, 0.29) is 24.5 Å². The Balaban J connectivity index is 1.40. The molecule has 0 aliphatic carbocycles. The molecule has 0 fully saturated rings. The second-order valence-corrected chi connectivity index (χ2v) is 8.15. The molecule has 8 heteroatoms. The van der Waals surface area contributed by atoms with Crippen LogP contribution in [0.25, 0.3) is 21.7 Å². The van der Waals surface area contributed by atoms with Crippen molar-refractivity contribution in [3.05, 3.63) is 82.7 Å². The normalized spacial score (nSPS) is 10.8. The number of carbonyl (C=O) groups is 2. The largest absolute Gasteiger partial charge is 0.460 e. The summed E-state index contributed by atoms with van der Waals surface area (Å²) in [6, 6.07) is 20.2. The minimum absolute atomic E-state index is 0.0656. The first kappa shape index (κ1) is 22.4. The highest BCUT2D eigenvalue weighted by Gasteiger charge is 2.11. The molecule has 4 rings (SSSR count). The molecule has 0 aliphatic heterocycles. The van der Waals surface area contributed by atoms with Gasteiger partial charge in [-0.3, -0.25) is 10.1 Å². The van der Waals surface area contributed by atoms with Crippen molar-refractivity contribution in [1.82, 2.24) is 0 Å². The summed E-state index contributed by atoms with van der Waals surface area (Å²) >= 11 is 1.39. The van der Waals surface area contributed by atoms with Crippen LogP contribution in [0.15, 0.2) is 80.8 Å². The first-order valence-corrected chi connectivity index (χ1v) is 11.3. The second-order valence-electron chi connectivity index (χ2n) is 7.11. The first-order valence-electron chi connectivity index (χ1n) is 10.3. The Morgan fingerprint density at radius 3 is 2.61 bits per heavy atom. The van der Waals surface area contributed by atoms with Crippen LogP contribution in [0.4, 0.5) is 10.5 Å². The number of hydrogen-bond acceptors (Lipinski definition) is 7. The summed E-state index contributed by atoms with van der Waals surface area (Å²) < 4.78 is 15.5. The summed E-state index contributed by atoms with van der Waals surface area (Å²) in [6.07, 6.45) is -0.604. The summed E-state index contributed by atoms with van der Waals surface area (Å²) in [5.74, 6) is -0.249. The number of thioether (sulfide) groups is 1.